The van der Waals surface area contributed by atoms with Crippen molar-refractivity contribution in [2.75, 3.05) is 0 Å². The molecule has 2 heterocycles. The van der Waals surface area contributed by atoms with Gasteiger partial charge in [0.15, 0.2) is 0 Å². The molecule has 1 aliphatic rings. The number of fused-ring (bicyclic) bond motifs is 2. The molecule has 2 aromatic carbocycles. The van der Waals surface area contributed by atoms with Crippen molar-refractivity contribution in [1.29, 1.82) is 5.26 Å². The summed E-state index contributed by atoms with van der Waals surface area (Å²) in [4.78, 5) is 4.58. The van der Waals surface area contributed by atoms with Gasteiger partial charge in [-0.05, 0) is 42.8 Å². The maximum Gasteiger partial charge on any atom is 0.135 e. The molecule has 0 spiro atoms. The Kier molecular flexibility index (Phi) is 3.64. The van der Waals surface area contributed by atoms with E-state index < -0.39 is 0 Å². The molecule has 0 N–H and O–H groups in total. The quantitative estimate of drug-likeness (QED) is 0.616. The molecule has 24 heavy (non-hydrogen) atoms. The van der Waals surface area contributed by atoms with Crippen molar-refractivity contribution in [3.05, 3.63) is 70.8 Å². The topological polar surface area (TPSA) is 45.9 Å². The lowest BCUT2D eigenvalue weighted by molar-refractivity contribution is 0.257. The molecule has 4 rings (SSSR count). The van der Waals surface area contributed by atoms with Crippen LogP contribution in [0.4, 0.5) is 0 Å². The Morgan fingerprint density at radius 2 is 2.00 bits per heavy atom. The Balaban J connectivity index is 1.78. The van der Waals surface area contributed by atoms with Crippen LogP contribution in [-0.4, -0.2) is 11.1 Å². The number of thiazole rings is 1. The van der Waals surface area contributed by atoms with E-state index >= 15 is 0 Å². The van der Waals surface area contributed by atoms with Crippen LogP contribution in [-0.2, 0) is 0 Å². The second-order valence-corrected chi connectivity index (χ2v) is 6.63. The fourth-order valence-corrected chi connectivity index (χ4v) is 3.65. The molecule has 3 aromatic rings. The van der Waals surface area contributed by atoms with Gasteiger partial charge in [0.2, 0.25) is 0 Å². The second-order valence-electron chi connectivity index (χ2n) is 5.60. The Hall–Kier alpha value is -2.90. The first-order valence-electron chi connectivity index (χ1n) is 7.69. The van der Waals surface area contributed by atoms with Gasteiger partial charge in [-0.3, -0.25) is 0 Å². The summed E-state index contributed by atoms with van der Waals surface area (Å²) in [7, 11) is 0. The first kappa shape index (κ1) is 14.7. The van der Waals surface area contributed by atoms with Crippen LogP contribution in [0.25, 0.3) is 21.9 Å². The van der Waals surface area contributed by atoms with Crippen LogP contribution in [0.5, 0.6) is 5.75 Å². The molecule has 0 amide bonds. The van der Waals surface area contributed by atoms with E-state index in [4.69, 9.17) is 4.74 Å². The molecular weight excluding hydrogens is 316 g/mol. The molecule has 4 heteroatoms. The Morgan fingerprint density at radius 3 is 2.83 bits per heavy atom. The maximum absolute atomic E-state index is 9.60. The lowest BCUT2D eigenvalue weighted by atomic mass is 10.0. The number of para-hydroxylation sites is 2. The Labute approximate surface area is 144 Å². The van der Waals surface area contributed by atoms with Gasteiger partial charge in [-0.1, -0.05) is 30.3 Å². The number of nitriles is 1. The molecule has 0 saturated heterocycles. The minimum Gasteiger partial charge on any atom is -0.485 e. The van der Waals surface area contributed by atoms with Crippen molar-refractivity contribution in [3.8, 4) is 11.8 Å². The molecule has 0 aliphatic carbocycles. The zero-order chi connectivity index (χ0) is 16.5. The summed E-state index contributed by atoms with van der Waals surface area (Å²) in [5.41, 5.74) is 3.50. The third-order valence-corrected chi connectivity index (χ3v) is 5.04. The van der Waals surface area contributed by atoms with E-state index in [9.17, 15) is 5.26 Å². The highest BCUT2D eigenvalue weighted by atomic mass is 32.1. The first-order chi connectivity index (χ1) is 11.7. The van der Waals surface area contributed by atoms with Gasteiger partial charge in [0.05, 0.1) is 15.8 Å². The molecule has 1 aliphatic heterocycles. The van der Waals surface area contributed by atoms with E-state index in [2.05, 4.69) is 17.1 Å². The predicted molar refractivity (Wildman–Crippen MR) is 97.7 cm³/mol. The van der Waals surface area contributed by atoms with E-state index in [0.717, 1.165) is 32.1 Å². The average Bonchev–Trinajstić information content (AvgIpc) is 3.03. The molecule has 1 unspecified atom stereocenters. The Morgan fingerprint density at radius 1 is 1.21 bits per heavy atom. The molecule has 1 atom stereocenters. The van der Waals surface area contributed by atoms with Crippen LogP contribution in [0.2, 0.25) is 0 Å². The number of hydrogen-bond acceptors (Lipinski definition) is 4. The van der Waals surface area contributed by atoms with Crippen molar-refractivity contribution in [2.45, 2.75) is 13.0 Å². The number of nitrogens with zero attached hydrogens (tertiary/aromatic N) is 2. The van der Waals surface area contributed by atoms with Gasteiger partial charge in [-0.2, -0.15) is 5.26 Å². The number of rotatable bonds is 2. The molecule has 0 saturated carbocycles. The summed E-state index contributed by atoms with van der Waals surface area (Å²) in [6.07, 6.45) is 3.87. The average molecular weight is 330 g/mol. The van der Waals surface area contributed by atoms with Crippen molar-refractivity contribution in [3.63, 3.8) is 0 Å². The number of allylic oxidation sites excluding steroid dienone is 1. The van der Waals surface area contributed by atoms with Gasteiger partial charge in [0, 0.05) is 5.56 Å². The summed E-state index contributed by atoms with van der Waals surface area (Å²) in [6, 6.07) is 18.1. The molecule has 0 radical (unpaired) electrons. The second kappa shape index (κ2) is 5.95. The number of ether oxygens (including phenoxy) is 1. The zero-order valence-electron chi connectivity index (χ0n) is 13.1. The van der Waals surface area contributed by atoms with Crippen molar-refractivity contribution in [2.24, 2.45) is 0 Å². The molecule has 1 aromatic heterocycles. The molecule has 0 bridgehead atoms. The highest BCUT2D eigenvalue weighted by Crippen LogP contribution is 2.32. The minimum absolute atomic E-state index is 0.0994. The third-order valence-electron chi connectivity index (χ3n) is 3.97. The van der Waals surface area contributed by atoms with E-state index in [1.807, 2.05) is 61.5 Å². The fourth-order valence-electron chi connectivity index (χ4n) is 2.72. The van der Waals surface area contributed by atoms with Crippen LogP contribution >= 0.6 is 11.3 Å². The van der Waals surface area contributed by atoms with Gasteiger partial charge in [0.25, 0.3) is 0 Å². The number of aromatic nitrogens is 1. The van der Waals surface area contributed by atoms with Crippen LogP contribution in [0.15, 0.2) is 60.2 Å². The molecule has 0 fully saturated rings. The smallest absolute Gasteiger partial charge is 0.135 e. The number of benzene rings is 2. The summed E-state index contributed by atoms with van der Waals surface area (Å²) < 4.78 is 7.03. The zero-order valence-corrected chi connectivity index (χ0v) is 13.9. The highest BCUT2D eigenvalue weighted by Gasteiger charge is 2.18. The summed E-state index contributed by atoms with van der Waals surface area (Å²) in [5.74, 6) is 0.876. The maximum atomic E-state index is 9.60. The SMILES string of the molecule is CC1Oc2ccccc2C=C1/C=C(\C#N)c1nc2ccccc2s1. The van der Waals surface area contributed by atoms with Crippen molar-refractivity contribution >= 4 is 33.2 Å². The first-order valence-corrected chi connectivity index (χ1v) is 8.51. The summed E-state index contributed by atoms with van der Waals surface area (Å²) >= 11 is 1.54. The van der Waals surface area contributed by atoms with E-state index in [-0.39, 0.29) is 6.10 Å². The van der Waals surface area contributed by atoms with Crippen LogP contribution < -0.4 is 4.74 Å². The lowest BCUT2D eigenvalue weighted by Gasteiger charge is -2.22. The third kappa shape index (κ3) is 2.60. The minimum atomic E-state index is -0.0994. The largest absolute Gasteiger partial charge is 0.485 e. The van der Waals surface area contributed by atoms with Gasteiger partial charge >= 0.3 is 0 Å². The molecule has 3 nitrogen and oxygen atoms in total. The van der Waals surface area contributed by atoms with E-state index in [1.54, 1.807) is 0 Å². The van der Waals surface area contributed by atoms with Crippen LogP contribution in [0, 0.1) is 11.3 Å². The normalized spacial score (nSPS) is 16.9. The van der Waals surface area contributed by atoms with Gasteiger partial charge in [-0.25, -0.2) is 4.98 Å². The van der Waals surface area contributed by atoms with Crippen molar-refractivity contribution in [1.82, 2.24) is 4.98 Å². The van der Waals surface area contributed by atoms with E-state index in [1.165, 1.54) is 11.3 Å². The standard InChI is InChI=1S/C20H14N2OS/c1-13-15(10-14-6-2-4-8-18(14)23-13)11-16(12-21)20-22-17-7-3-5-9-19(17)24-20/h2-11,13H,1H3/b16-11+. The highest BCUT2D eigenvalue weighted by molar-refractivity contribution is 7.19. The van der Waals surface area contributed by atoms with Crippen molar-refractivity contribution < 1.29 is 4.74 Å². The van der Waals surface area contributed by atoms with Crippen LogP contribution in [0.3, 0.4) is 0 Å². The van der Waals surface area contributed by atoms with Gasteiger partial charge in [-0.15, -0.1) is 11.3 Å². The number of hydrogen-bond donors (Lipinski definition) is 0. The van der Waals surface area contributed by atoms with Gasteiger partial charge < -0.3 is 4.74 Å². The lowest BCUT2D eigenvalue weighted by Crippen LogP contribution is -2.17. The summed E-state index contributed by atoms with van der Waals surface area (Å²) in [6.45, 7) is 1.99. The summed E-state index contributed by atoms with van der Waals surface area (Å²) in [5, 5.41) is 10.3. The molecule has 116 valence electrons. The van der Waals surface area contributed by atoms with Gasteiger partial charge in [0.1, 0.15) is 22.9 Å². The monoisotopic (exact) mass is 330 g/mol. The Bertz CT molecular complexity index is 990. The molecular formula is C20H14N2OS. The van der Waals surface area contributed by atoms with Crippen LogP contribution in [0.1, 0.15) is 17.5 Å². The predicted octanol–water partition coefficient (Wildman–Crippen LogP) is 5.07. The fraction of sp³-hybridized carbons (Fsp3) is 0.100. The van der Waals surface area contributed by atoms with E-state index in [0.29, 0.717) is 5.57 Å².